The van der Waals surface area contributed by atoms with E-state index in [9.17, 15) is 14.4 Å². The molecule has 2 rings (SSSR count). The number of carbonyl (C=O) groups is 3. The molecule has 0 aliphatic carbocycles. The summed E-state index contributed by atoms with van der Waals surface area (Å²) in [4.78, 5) is 34.5. The van der Waals surface area contributed by atoms with Gasteiger partial charge in [0.2, 0.25) is 11.8 Å². The van der Waals surface area contributed by atoms with Gasteiger partial charge in [-0.15, -0.1) is 0 Å². The number of rotatable bonds is 5. The lowest BCUT2D eigenvalue weighted by atomic mass is 10.2. The van der Waals surface area contributed by atoms with Crippen LogP contribution in [0.25, 0.3) is 0 Å². The Balaban J connectivity index is 1.84. The second-order valence-electron chi connectivity index (χ2n) is 4.81. The molecule has 0 aliphatic rings. The molecule has 0 aliphatic heterocycles. The molecule has 2 aromatic rings. The number of aromatic nitrogens is 1. The fraction of sp³-hybridized carbons (Fsp3) is 0.200. The largest absolute Gasteiger partial charge is 0.360 e. The SMILES string of the molecule is CC(=O)Nc1ccc(C(=O)NCC(=O)Nc2cc(C)on2)cc1. The molecule has 0 radical (unpaired) electrons. The Morgan fingerprint density at radius 2 is 1.83 bits per heavy atom. The van der Waals surface area contributed by atoms with Crippen molar-refractivity contribution < 1.29 is 18.9 Å². The predicted octanol–water partition coefficient (Wildman–Crippen LogP) is 1.31. The van der Waals surface area contributed by atoms with Crippen LogP contribution in [-0.2, 0) is 9.59 Å². The van der Waals surface area contributed by atoms with Crippen molar-refractivity contribution in [3.8, 4) is 0 Å². The number of carbonyl (C=O) groups excluding carboxylic acids is 3. The van der Waals surface area contributed by atoms with Gasteiger partial charge in [0.15, 0.2) is 5.82 Å². The maximum Gasteiger partial charge on any atom is 0.251 e. The number of hydrogen-bond acceptors (Lipinski definition) is 5. The van der Waals surface area contributed by atoms with Gasteiger partial charge in [-0.1, -0.05) is 5.16 Å². The Morgan fingerprint density at radius 1 is 1.13 bits per heavy atom. The normalized spacial score (nSPS) is 10.0. The number of hydrogen-bond donors (Lipinski definition) is 3. The van der Waals surface area contributed by atoms with Gasteiger partial charge in [-0.2, -0.15) is 0 Å². The molecule has 3 N–H and O–H groups in total. The van der Waals surface area contributed by atoms with Crippen LogP contribution in [0, 0.1) is 6.92 Å². The molecule has 0 atom stereocenters. The number of amides is 3. The number of anilines is 2. The zero-order chi connectivity index (χ0) is 16.8. The minimum atomic E-state index is -0.415. The van der Waals surface area contributed by atoms with Crippen LogP contribution in [0.15, 0.2) is 34.9 Å². The summed E-state index contributed by atoms with van der Waals surface area (Å²) in [6.45, 7) is 2.91. The Morgan fingerprint density at radius 3 is 2.39 bits per heavy atom. The van der Waals surface area contributed by atoms with Gasteiger partial charge in [-0.25, -0.2) is 0 Å². The minimum absolute atomic E-state index is 0.193. The van der Waals surface area contributed by atoms with E-state index in [1.807, 2.05) is 0 Å². The summed E-state index contributed by atoms with van der Waals surface area (Å²) in [7, 11) is 0. The third-order valence-corrected chi connectivity index (χ3v) is 2.77. The number of nitrogens with zero attached hydrogens (tertiary/aromatic N) is 1. The minimum Gasteiger partial charge on any atom is -0.360 e. The lowest BCUT2D eigenvalue weighted by Gasteiger charge is -2.06. The third-order valence-electron chi connectivity index (χ3n) is 2.77. The van der Waals surface area contributed by atoms with E-state index in [0.717, 1.165) is 0 Å². The molecule has 0 spiro atoms. The van der Waals surface area contributed by atoms with Crippen LogP contribution >= 0.6 is 0 Å². The summed E-state index contributed by atoms with van der Waals surface area (Å²) >= 11 is 0. The van der Waals surface area contributed by atoms with E-state index >= 15 is 0 Å². The average Bonchev–Trinajstić information content (AvgIpc) is 2.90. The summed E-state index contributed by atoms with van der Waals surface area (Å²) in [6, 6.07) is 7.89. The van der Waals surface area contributed by atoms with Gasteiger partial charge >= 0.3 is 0 Å². The molecule has 3 amide bonds. The average molecular weight is 316 g/mol. The molecule has 1 heterocycles. The standard InChI is InChI=1S/C15H16N4O4/c1-9-7-13(19-23-9)18-14(21)8-16-15(22)11-3-5-12(6-4-11)17-10(2)20/h3-7H,8H2,1-2H3,(H,16,22)(H,17,20)(H,18,19,21). The van der Waals surface area contributed by atoms with Crippen molar-refractivity contribution in [3.63, 3.8) is 0 Å². The van der Waals surface area contributed by atoms with Gasteiger partial charge in [0, 0.05) is 24.2 Å². The maximum absolute atomic E-state index is 11.9. The summed E-state index contributed by atoms with van der Waals surface area (Å²) in [5, 5.41) is 11.2. The number of nitrogens with one attached hydrogen (secondary N) is 3. The maximum atomic E-state index is 11.9. The highest BCUT2D eigenvalue weighted by Gasteiger charge is 2.10. The molecule has 0 saturated heterocycles. The Labute approximate surface area is 132 Å². The van der Waals surface area contributed by atoms with E-state index in [2.05, 4.69) is 21.1 Å². The van der Waals surface area contributed by atoms with Crippen molar-refractivity contribution >= 4 is 29.2 Å². The van der Waals surface area contributed by atoms with Crippen molar-refractivity contribution in [1.29, 1.82) is 0 Å². The van der Waals surface area contributed by atoms with Gasteiger partial charge in [0.05, 0.1) is 6.54 Å². The van der Waals surface area contributed by atoms with Gasteiger partial charge in [0.25, 0.3) is 5.91 Å². The molecule has 8 heteroatoms. The monoisotopic (exact) mass is 316 g/mol. The van der Waals surface area contributed by atoms with Crippen LogP contribution in [0.5, 0.6) is 0 Å². The number of benzene rings is 1. The first-order valence-electron chi connectivity index (χ1n) is 6.83. The van der Waals surface area contributed by atoms with E-state index in [-0.39, 0.29) is 12.5 Å². The van der Waals surface area contributed by atoms with Crippen molar-refractivity contribution in [2.45, 2.75) is 13.8 Å². The summed E-state index contributed by atoms with van der Waals surface area (Å²) < 4.78 is 4.82. The zero-order valence-electron chi connectivity index (χ0n) is 12.7. The van der Waals surface area contributed by atoms with Crippen molar-refractivity contribution in [3.05, 3.63) is 41.7 Å². The smallest absolute Gasteiger partial charge is 0.251 e. The molecule has 0 saturated carbocycles. The molecular weight excluding hydrogens is 300 g/mol. The predicted molar refractivity (Wildman–Crippen MR) is 82.9 cm³/mol. The van der Waals surface area contributed by atoms with Gasteiger partial charge in [0.1, 0.15) is 5.76 Å². The molecule has 8 nitrogen and oxygen atoms in total. The van der Waals surface area contributed by atoms with E-state index in [4.69, 9.17) is 4.52 Å². The lowest BCUT2D eigenvalue weighted by Crippen LogP contribution is -2.32. The van der Waals surface area contributed by atoms with Crippen LogP contribution in [-0.4, -0.2) is 29.4 Å². The van der Waals surface area contributed by atoms with Gasteiger partial charge in [-0.3, -0.25) is 14.4 Å². The van der Waals surface area contributed by atoms with Gasteiger partial charge in [-0.05, 0) is 31.2 Å². The van der Waals surface area contributed by atoms with E-state index < -0.39 is 11.8 Å². The summed E-state index contributed by atoms with van der Waals surface area (Å²) in [5.41, 5.74) is 0.970. The third kappa shape index (κ3) is 4.95. The first-order chi connectivity index (χ1) is 10.9. The Bertz CT molecular complexity index is 721. The van der Waals surface area contributed by atoms with E-state index in [1.54, 1.807) is 37.3 Å². The van der Waals surface area contributed by atoms with Crippen LogP contribution in [0.2, 0.25) is 0 Å². The molecular formula is C15H16N4O4. The molecule has 0 unspecified atom stereocenters. The Hall–Kier alpha value is -3.16. The van der Waals surface area contributed by atoms with Crippen LogP contribution in [0.1, 0.15) is 23.0 Å². The molecule has 23 heavy (non-hydrogen) atoms. The first-order valence-corrected chi connectivity index (χ1v) is 6.83. The number of aryl methyl sites for hydroxylation is 1. The molecule has 1 aromatic carbocycles. The highest BCUT2D eigenvalue weighted by Crippen LogP contribution is 2.09. The van der Waals surface area contributed by atoms with Crippen molar-refractivity contribution in [2.24, 2.45) is 0 Å². The van der Waals surface area contributed by atoms with E-state index in [1.165, 1.54) is 6.92 Å². The van der Waals surface area contributed by atoms with Crippen LogP contribution in [0.4, 0.5) is 11.5 Å². The van der Waals surface area contributed by atoms with E-state index in [0.29, 0.717) is 22.8 Å². The van der Waals surface area contributed by atoms with Gasteiger partial charge < -0.3 is 20.5 Å². The van der Waals surface area contributed by atoms with Crippen LogP contribution < -0.4 is 16.0 Å². The molecule has 1 aromatic heterocycles. The molecule has 0 fully saturated rings. The molecule has 0 bridgehead atoms. The first kappa shape index (κ1) is 16.2. The fourth-order valence-electron chi connectivity index (χ4n) is 1.78. The fourth-order valence-corrected chi connectivity index (χ4v) is 1.78. The lowest BCUT2D eigenvalue weighted by molar-refractivity contribution is -0.115. The topological polar surface area (TPSA) is 113 Å². The highest BCUT2D eigenvalue weighted by atomic mass is 16.5. The summed E-state index contributed by atoms with van der Waals surface area (Å²) in [5.74, 6) is -0.139. The second-order valence-corrected chi connectivity index (χ2v) is 4.81. The Kier molecular flexibility index (Phi) is 5.08. The molecule has 120 valence electrons. The van der Waals surface area contributed by atoms with Crippen LogP contribution in [0.3, 0.4) is 0 Å². The van der Waals surface area contributed by atoms with Crippen molar-refractivity contribution in [1.82, 2.24) is 10.5 Å². The van der Waals surface area contributed by atoms with Crippen molar-refractivity contribution in [2.75, 3.05) is 17.2 Å². The zero-order valence-corrected chi connectivity index (χ0v) is 12.7. The quantitative estimate of drug-likeness (QED) is 0.769. The highest BCUT2D eigenvalue weighted by molar-refractivity contribution is 5.99. The summed E-state index contributed by atoms with van der Waals surface area (Å²) in [6.07, 6.45) is 0. The second kappa shape index (κ2) is 7.21.